The van der Waals surface area contributed by atoms with Crippen LogP contribution in [0.4, 0.5) is 35.1 Å². The molecule has 0 heterocycles. The molecule has 2 aromatic carbocycles. The van der Waals surface area contributed by atoms with Gasteiger partial charge in [-0.15, -0.1) is 13.2 Å². The fourth-order valence-electron chi connectivity index (χ4n) is 1.77. The van der Waals surface area contributed by atoms with Gasteiger partial charge in [0.05, 0.1) is 0 Å². The summed E-state index contributed by atoms with van der Waals surface area (Å²) in [5.74, 6) is -7.43. The molecule has 0 atom stereocenters. The van der Waals surface area contributed by atoms with Crippen molar-refractivity contribution in [1.82, 2.24) is 0 Å². The maximum absolute atomic E-state index is 13.9. The summed E-state index contributed by atoms with van der Waals surface area (Å²) in [6.45, 7) is 0. The minimum atomic E-state index is -5.21. The first-order valence-electron chi connectivity index (χ1n) is 6.16. The molecule has 2 nitrogen and oxygen atoms in total. The smallest absolute Gasteiger partial charge is 0.429 e. The van der Waals surface area contributed by atoms with Crippen LogP contribution in [0.5, 0.6) is 11.5 Å². The van der Waals surface area contributed by atoms with Crippen LogP contribution in [0.25, 0.3) is 0 Å². The Morgan fingerprint density at radius 3 is 1.80 bits per heavy atom. The van der Waals surface area contributed by atoms with E-state index < -0.39 is 52.0 Å². The molecule has 0 saturated heterocycles. The van der Waals surface area contributed by atoms with Crippen molar-refractivity contribution < 1.29 is 44.6 Å². The van der Waals surface area contributed by atoms with Gasteiger partial charge in [0.15, 0.2) is 11.6 Å². The van der Waals surface area contributed by atoms with E-state index in [1.807, 2.05) is 0 Å². The van der Waals surface area contributed by atoms with Crippen LogP contribution in [0, 0.1) is 17.5 Å². The fourth-order valence-corrected chi connectivity index (χ4v) is 1.96. The van der Waals surface area contributed by atoms with Crippen LogP contribution in [0.2, 0.25) is 5.02 Å². The fraction of sp³-hybridized carbons (Fsp3) is 0.143. The van der Waals surface area contributed by atoms with E-state index in [0.717, 1.165) is 0 Å². The highest BCUT2D eigenvalue weighted by Crippen LogP contribution is 2.37. The number of halogens is 9. The molecule has 0 bridgehead atoms. The average Bonchev–Trinajstić information content (AvgIpc) is 2.38. The Morgan fingerprint density at radius 2 is 1.32 bits per heavy atom. The molecule has 0 N–H and O–H groups in total. The van der Waals surface area contributed by atoms with E-state index in [1.165, 1.54) is 0 Å². The summed E-state index contributed by atoms with van der Waals surface area (Å²) in [7, 11) is 0. The van der Waals surface area contributed by atoms with Crippen molar-refractivity contribution in [2.45, 2.75) is 12.5 Å². The molecule has 11 heteroatoms. The first-order chi connectivity index (χ1) is 11.4. The van der Waals surface area contributed by atoms with Gasteiger partial charge in [0.2, 0.25) is 0 Å². The Morgan fingerprint density at radius 1 is 0.760 bits per heavy atom. The van der Waals surface area contributed by atoms with Crippen molar-refractivity contribution in [2.24, 2.45) is 0 Å². The molecule has 2 rings (SSSR count). The molecule has 0 aromatic heterocycles. The van der Waals surface area contributed by atoms with Crippen molar-refractivity contribution >= 4 is 11.6 Å². The zero-order chi connectivity index (χ0) is 19.0. The van der Waals surface area contributed by atoms with Crippen molar-refractivity contribution in [2.75, 3.05) is 0 Å². The molecule has 0 aliphatic rings. The van der Waals surface area contributed by atoms with Gasteiger partial charge in [0, 0.05) is 11.1 Å². The Balaban J connectivity index is 2.31. The maximum atomic E-state index is 13.9. The van der Waals surface area contributed by atoms with Gasteiger partial charge in [-0.05, 0) is 24.3 Å². The van der Waals surface area contributed by atoms with Gasteiger partial charge in [-0.2, -0.15) is 8.78 Å². The van der Waals surface area contributed by atoms with E-state index in [-0.39, 0.29) is 6.07 Å². The molecule has 0 fully saturated rings. The van der Waals surface area contributed by atoms with Crippen LogP contribution in [-0.4, -0.2) is 6.36 Å². The van der Waals surface area contributed by atoms with E-state index in [9.17, 15) is 35.1 Å². The first kappa shape index (κ1) is 19.1. The summed E-state index contributed by atoms with van der Waals surface area (Å²) >= 11 is 5.30. The van der Waals surface area contributed by atoms with Crippen LogP contribution in [0.1, 0.15) is 5.56 Å². The second-order valence-electron chi connectivity index (χ2n) is 4.50. The standard InChI is InChI=1S/C14H5ClF8O2/c15-6-3-9(17)12(10(18)4-6)13(19,20)24-7-1-2-11(8(16)5-7)25-14(21,22)23/h1-5H. The van der Waals surface area contributed by atoms with Gasteiger partial charge in [-0.25, -0.2) is 13.2 Å². The number of rotatable bonds is 4. The quantitative estimate of drug-likeness (QED) is 0.614. The van der Waals surface area contributed by atoms with Crippen LogP contribution in [0.3, 0.4) is 0 Å². The number of benzene rings is 2. The zero-order valence-corrected chi connectivity index (χ0v) is 12.4. The summed E-state index contributed by atoms with van der Waals surface area (Å²) < 4.78 is 112. The highest BCUT2D eigenvalue weighted by atomic mass is 35.5. The van der Waals surface area contributed by atoms with Crippen molar-refractivity contribution in [1.29, 1.82) is 0 Å². The third kappa shape index (κ3) is 4.65. The van der Waals surface area contributed by atoms with E-state index in [2.05, 4.69) is 9.47 Å². The molecule has 2 aromatic rings. The lowest BCUT2D eigenvalue weighted by atomic mass is 10.2. The summed E-state index contributed by atoms with van der Waals surface area (Å²) in [5.41, 5.74) is -1.80. The van der Waals surface area contributed by atoms with Gasteiger partial charge in [0.25, 0.3) is 0 Å². The minimum Gasteiger partial charge on any atom is -0.429 e. The van der Waals surface area contributed by atoms with Crippen LogP contribution >= 0.6 is 11.6 Å². The average molecular weight is 393 g/mol. The SMILES string of the molecule is Fc1cc(OC(F)(F)c2c(F)cc(Cl)cc2F)ccc1OC(F)(F)F. The molecule has 0 spiro atoms. The topological polar surface area (TPSA) is 18.5 Å². The number of alkyl halides is 5. The molecular formula is C14H5ClF8O2. The monoisotopic (exact) mass is 392 g/mol. The summed E-state index contributed by atoms with van der Waals surface area (Å²) in [4.78, 5) is 0. The van der Waals surface area contributed by atoms with Gasteiger partial charge in [-0.3, -0.25) is 0 Å². The van der Waals surface area contributed by atoms with E-state index in [1.54, 1.807) is 0 Å². The van der Waals surface area contributed by atoms with Crippen molar-refractivity contribution in [3.05, 3.63) is 58.4 Å². The van der Waals surface area contributed by atoms with Gasteiger partial charge >= 0.3 is 12.5 Å². The lowest BCUT2D eigenvalue weighted by Crippen LogP contribution is -2.25. The van der Waals surface area contributed by atoms with Gasteiger partial charge in [0.1, 0.15) is 22.9 Å². The lowest BCUT2D eigenvalue weighted by Gasteiger charge is -2.20. The second-order valence-corrected chi connectivity index (χ2v) is 4.94. The normalized spacial score (nSPS) is 12.2. The highest BCUT2D eigenvalue weighted by Gasteiger charge is 2.41. The first-order valence-corrected chi connectivity index (χ1v) is 6.54. The van der Waals surface area contributed by atoms with E-state index >= 15 is 0 Å². The number of ether oxygens (including phenoxy) is 2. The van der Waals surface area contributed by atoms with E-state index in [4.69, 9.17) is 11.6 Å². The third-order valence-electron chi connectivity index (χ3n) is 2.67. The highest BCUT2D eigenvalue weighted by molar-refractivity contribution is 6.30. The van der Waals surface area contributed by atoms with Crippen molar-refractivity contribution in [3.8, 4) is 11.5 Å². The minimum absolute atomic E-state index is 0.140. The molecule has 0 unspecified atom stereocenters. The van der Waals surface area contributed by atoms with Crippen LogP contribution in [0.15, 0.2) is 30.3 Å². The Hall–Kier alpha value is -2.23. The predicted molar refractivity (Wildman–Crippen MR) is 69.0 cm³/mol. The second kappa shape index (κ2) is 6.58. The largest absolute Gasteiger partial charge is 0.573 e. The summed E-state index contributed by atoms with van der Waals surface area (Å²) in [6, 6.07) is 1.81. The van der Waals surface area contributed by atoms with Crippen molar-refractivity contribution in [3.63, 3.8) is 0 Å². The lowest BCUT2D eigenvalue weighted by molar-refractivity contribution is -0.275. The summed E-state index contributed by atoms with van der Waals surface area (Å²) in [6.07, 6.45) is -9.81. The van der Waals surface area contributed by atoms with Crippen LogP contribution in [-0.2, 0) is 6.11 Å². The number of hydrogen-bond acceptors (Lipinski definition) is 2. The molecule has 0 saturated carbocycles. The molecule has 0 radical (unpaired) electrons. The van der Waals surface area contributed by atoms with Crippen LogP contribution < -0.4 is 9.47 Å². The summed E-state index contributed by atoms with van der Waals surface area (Å²) in [5, 5.41) is -0.491. The Labute approximate surface area is 139 Å². The zero-order valence-electron chi connectivity index (χ0n) is 11.6. The molecule has 25 heavy (non-hydrogen) atoms. The van der Waals surface area contributed by atoms with E-state index in [0.29, 0.717) is 24.3 Å². The Bertz CT molecular complexity index is 768. The maximum Gasteiger partial charge on any atom is 0.573 e. The molecule has 0 amide bonds. The number of hydrogen-bond donors (Lipinski definition) is 0. The Kier molecular flexibility index (Phi) is 5.03. The molecule has 136 valence electrons. The van der Waals surface area contributed by atoms with Gasteiger partial charge in [-0.1, -0.05) is 11.6 Å². The third-order valence-corrected chi connectivity index (χ3v) is 2.89. The molecule has 0 aliphatic carbocycles. The van der Waals surface area contributed by atoms with Gasteiger partial charge < -0.3 is 9.47 Å². The predicted octanol–water partition coefficient (Wildman–Crippen LogP) is 5.78. The molecule has 0 aliphatic heterocycles. The molecular weight excluding hydrogens is 388 g/mol.